The lowest BCUT2D eigenvalue weighted by Gasteiger charge is -2.29. The zero-order valence-corrected chi connectivity index (χ0v) is 11.4. The van der Waals surface area contributed by atoms with Gasteiger partial charge in [0.2, 0.25) is 0 Å². The highest BCUT2D eigenvalue weighted by Crippen LogP contribution is 2.34. The van der Waals surface area contributed by atoms with Crippen molar-refractivity contribution >= 4 is 39.5 Å². The summed E-state index contributed by atoms with van der Waals surface area (Å²) in [5.41, 5.74) is 1.09. The van der Waals surface area contributed by atoms with Gasteiger partial charge in [0.1, 0.15) is 0 Å². The Balaban J connectivity index is 1.86. The average Bonchev–Trinajstić information content (AvgIpc) is 2.82. The lowest BCUT2D eigenvalue weighted by atomic mass is 9.96. The van der Waals surface area contributed by atoms with Gasteiger partial charge in [-0.25, -0.2) is 4.98 Å². The number of hydrogen-bond donors (Lipinski definition) is 1. The standard InChI is InChI=1S/C13H16N2S2/c16-15(10-6-2-1-3-7-10)13-14-11-8-4-5-9-12(11)17-13/h4-5,8-10,16H,1-3,6-7H2. The van der Waals surface area contributed by atoms with Crippen LogP contribution in [0.3, 0.4) is 0 Å². The van der Waals surface area contributed by atoms with Crippen molar-refractivity contribution in [3.8, 4) is 0 Å². The molecule has 0 aliphatic heterocycles. The van der Waals surface area contributed by atoms with Gasteiger partial charge in [0.25, 0.3) is 0 Å². The summed E-state index contributed by atoms with van der Waals surface area (Å²) in [5, 5.41) is 1.04. The van der Waals surface area contributed by atoms with Gasteiger partial charge in [-0.3, -0.25) is 4.31 Å². The van der Waals surface area contributed by atoms with Gasteiger partial charge >= 0.3 is 0 Å². The van der Waals surface area contributed by atoms with Gasteiger partial charge in [-0.05, 0) is 25.0 Å². The van der Waals surface area contributed by atoms with E-state index in [9.17, 15) is 0 Å². The third-order valence-corrected chi connectivity index (χ3v) is 5.09. The fourth-order valence-corrected chi connectivity index (χ4v) is 3.79. The second-order valence-corrected chi connectivity index (χ2v) is 6.04. The Morgan fingerprint density at radius 2 is 1.94 bits per heavy atom. The Kier molecular flexibility index (Phi) is 3.25. The highest BCUT2D eigenvalue weighted by Gasteiger charge is 2.21. The molecule has 1 aromatic heterocycles. The fourth-order valence-electron chi connectivity index (χ4n) is 2.44. The summed E-state index contributed by atoms with van der Waals surface area (Å²) in [4.78, 5) is 4.66. The summed E-state index contributed by atoms with van der Waals surface area (Å²) in [5.74, 6) is 0. The lowest BCUT2D eigenvalue weighted by Crippen LogP contribution is -2.28. The van der Waals surface area contributed by atoms with Crippen molar-refractivity contribution < 1.29 is 0 Å². The van der Waals surface area contributed by atoms with Crippen molar-refractivity contribution in [2.45, 2.75) is 38.1 Å². The normalized spacial score (nSPS) is 17.5. The minimum absolute atomic E-state index is 0.563. The molecule has 1 heterocycles. The van der Waals surface area contributed by atoms with Gasteiger partial charge in [-0.1, -0.05) is 55.5 Å². The topological polar surface area (TPSA) is 16.1 Å². The number of hydrogen-bond acceptors (Lipinski definition) is 4. The second-order valence-electron chi connectivity index (χ2n) is 4.60. The van der Waals surface area contributed by atoms with E-state index in [1.54, 1.807) is 11.3 Å². The SMILES string of the molecule is SN(c1nc2ccccc2s1)C1CCCCC1. The van der Waals surface area contributed by atoms with Gasteiger partial charge in [-0.15, -0.1) is 0 Å². The number of thiazole rings is 1. The van der Waals surface area contributed by atoms with Crippen LogP contribution in [0.2, 0.25) is 0 Å². The summed E-state index contributed by atoms with van der Waals surface area (Å²) >= 11 is 6.39. The highest BCUT2D eigenvalue weighted by molar-refractivity contribution is 7.82. The van der Waals surface area contributed by atoms with Crippen molar-refractivity contribution in [3.05, 3.63) is 24.3 Å². The first-order valence-electron chi connectivity index (χ1n) is 6.18. The zero-order valence-electron chi connectivity index (χ0n) is 9.67. The molecule has 0 amide bonds. The van der Waals surface area contributed by atoms with E-state index in [0.29, 0.717) is 6.04 Å². The highest BCUT2D eigenvalue weighted by atomic mass is 32.1. The van der Waals surface area contributed by atoms with E-state index in [2.05, 4.69) is 40.3 Å². The molecule has 0 unspecified atom stereocenters. The Hall–Kier alpha value is -0.740. The molecule has 1 saturated carbocycles. The predicted molar refractivity (Wildman–Crippen MR) is 78.0 cm³/mol. The van der Waals surface area contributed by atoms with Crippen LogP contribution in [0.4, 0.5) is 5.13 Å². The largest absolute Gasteiger partial charge is 0.291 e. The van der Waals surface area contributed by atoms with Crippen LogP contribution in [0, 0.1) is 0 Å². The first kappa shape index (κ1) is 11.4. The Labute approximate surface area is 111 Å². The number of anilines is 1. The van der Waals surface area contributed by atoms with Gasteiger partial charge in [0.15, 0.2) is 5.13 Å². The van der Waals surface area contributed by atoms with Crippen LogP contribution in [0.5, 0.6) is 0 Å². The van der Waals surface area contributed by atoms with E-state index >= 15 is 0 Å². The van der Waals surface area contributed by atoms with E-state index in [4.69, 9.17) is 0 Å². The molecular formula is C13H16N2S2. The number of nitrogens with zero attached hydrogens (tertiary/aromatic N) is 2. The van der Waals surface area contributed by atoms with Crippen LogP contribution in [-0.4, -0.2) is 11.0 Å². The van der Waals surface area contributed by atoms with E-state index in [1.807, 2.05) is 6.07 Å². The predicted octanol–water partition coefficient (Wildman–Crippen LogP) is 4.28. The molecule has 4 heteroatoms. The summed E-state index contributed by atoms with van der Waals surface area (Å²) < 4.78 is 3.33. The minimum atomic E-state index is 0.563. The van der Waals surface area contributed by atoms with E-state index in [1.165, 1.54) is 36.8 Å². The van der Waals surface area contributed by atoms with Gasteiger partial charge in [0, 0.05) is 6.04 Å². The smallest absolute Gasteiger partial charge is 0.196 e. The van der Waals surface area contributed by atoms with Gasteiger partial charge in [-0.2, -0.15) is 0 Å². The molecular weight excluding hydrogens is 248 g/mol. The summed E-state index contributed by atoms with van der Waals surface area (Å²) in [6.07, 6.45) is 6.52. The summed E-state index contributed by atoms with van der Waals surface area (Å²) in [6.45, 7) is 0. The maximum Gasteiger partial charge on any atom is 0.196 e. The average molecular weight is 264 g/mol. The molecule has 2 aromatic rings. The fraction of sp³-hybridized carbons (Fsp3) is 0.462. The van der Waals surface area contributed by atoms with E-state index in [0.717, 1.165) is 10.6 Å². The molecule has 90 valence electrons. The van der Waals surface area contributed by atoms with Crippen LogP contribution >= 0.6 is 24.2 Å². The number of thiol groups is 1. The van der Waals surface area contributed by atoms with Crippen LogP contribution < -0.4 is 4.31 Å². The van der Waals surface area contributed by atoms with Crippen molar-refractivity contribution in [1.82, 2.24) is 4.98 Å². The van der Waals surface area contributed by atoms with Gasteiger partial charge < -0.3 is 0 Å². The number of para-hydroxylation sites is 1. The number of rotatable bonds is 2. The van der Waals surface area contributed by atoms with Crippen molar-refractivity contribution in [3.63, 3.8) is 0 Å². The maximum atomic E-state index is 4.66. The van der Waals surface area contributed by atoms with Crippen molar-refractivity contribution in [2.24, 2.45) is 0 Å². The molecule has 0 saturated heterocycles. The number of aromatic nitrogens is 1. The van der Waals surface area contributed by atoms with E-state index in [-0.39, 0.29) is 0 Å². The van der Waals surface area contributed by atoms with Crippen LogP contribution in [-0.2, 0) is 0 Å². The molecule has 1 aliphatic rings. The number of fused-ring (bicyclic) bond motifs is 1. The third kappa shape index (κ3) is 2.29. The Morgan fingerprint density at radius 3 is 2.71 bits per heavy atom. The molecule has 0 spiro atoms. The zero-order chi connectivity index (χ0) is 11.7. The minimum Gasteiger partial charge on any atom is -0.291 e. The molecule has 2 nitrogen and oxygen atoms in total. The number of benzene rings is 1. The van der Waals surface area contributed by atoms with Crippen molar-refractivity contribution in [2.75, 3.05) is 4.31 Å². The quantitative estimate of drug-likeness (QED) is 0.815. The lowest BCUT2D eigenvalue weighted by molar-refractivity contribution is 0.447. The van der Waals surface area contributed by atoms with E-state index < -0.39 is 0 Å². The molecule has 17 heavy (non-hydrogen) atoms. The maximum absolute atomic E-state index is 4.66. The molecule has 1 fully saturated rings. The van der Waals surface area contributed by atoms with Crippen LogP contribution in [0.1, 0.15) is 32.1 Å². The Bertz CT molecular complexity index is 470. The molecule has 0 radical (unpaired) electrons. The van der Waals surface area contributed by atoms with Crippen LogP contribution in [0.15, 0.2) is 24.3 Å². The Morgan fingerprint density at radius 1 is 1.18 bits per heavy atom. The molecule has 0 bridgehead atoms. The summed E-state index contributed by atoms with van der Waals surface area (Å²) in [6, 6.07) is 8.85. The first-order chi connectivity index (χ1) is 8.34. The summed E-state index contributed by atoms with van der Waals surface area (Å²) in [7, 11) is 0. The monoisotopic (exact) mass is 264 g/mol. The molecule has 0 N–H and O–H groups in total. The van der Waals surface area contributed by atoms with Gasteiger partial charge in [0.05, 0.1) is 10.2 Å². The second kappa shape index (κ2) is 4.86. The molecule has 1 aromatic carbocycles. The molecule has 1 aliphatic carbocycles. The molecule has 3 rings (SSSR count). The molecule has 0 atom stereocenters. The third-order valence-electron chi connectivity index (χ3n) is 3.40. The van der Waals surface area contributed by atoms with Crippen molar-refractivity contribution in [1.29, 1.82) is 0 Å². The van der Waals surface area contributed by atoms with Crippen LogP contribution in [0.25, 0.3) is 10.2 Å². The first-order valence-corrected chi connectivity index (χ1v) is 7.40.